The number of hydrogen-bond acceptors (Lipinski definition) is 3. The Morgan fingerprint density at radius 2 is 2.38 bits per heavy atom. The minimum absolute atomic E-state index is 0.0250. The number of aliphatic hydroxyl groups excluding tert-OH is 1. The molecule has 0 aliphatic heterocycles. The van der Waals surface area contributed by atoms with Crippen molar-refractivity contribution in [3.05, 3.63) is 18.2 Å². The zero-order chi connectivity index (χ0) is 11.9. The van der Waals surface area contributed by atoms with Crippen molar-refractivity contribution in [2.24, 2.45) is 12.5 Å². The summed E-state index contributed by atoms with van der Waals surface area (Å²) < 4.78 is 1.73. The molecule has 5 heteroatoms. The van der Waals surface area contributed by atoms with Crippen molar-refractivity contribution < 1.29 is 9.90 Å². The molecule has 1 saturated carbocycles. The van der Waals surface area contributed by atoms with E-state index in [9.17, 15) is 9.90 Å². The number of nitrogens with one attached hydrogen (secondary N) is 1. The van der Waals surface area contributed by atoms with Crippen LogP contribution in [-0.4, -0.2) is 32.7 Å². The summed E-state index contributed by atoms with van der Waals surface area (Å²) in [4.78, 5) is 15.8. The predicted octanol–water partition coefficient (Wildman–Crippen LogP) is 0.309. The first-order valence-electron chi connectivity index (χ1n) is 5.38. The summed E-state index contributed by atoms with van der Waals surface area (Å²) >= 11 is 0. The van der Waals surface area contributed by atoms with Gasteiger partial charge in [0.25, 0.3) is 5.91 Å². The Balaban J connectivity index is 1.99. The Morgan fingerprint density at radius 3 is 2.81 bits per heavy atom. The highest BCUT2D eigenvalue weighted by Crippen LogP contribution is 2.40. The number of aliphatic hydroxyl groups is 1. The first kappa shape index (κ1) is 11.1. The maximum atomic E-state index is 11.8. The van der Waals surface area contributed by atoms with E-state index in [-0.39, 0.29) is 23.5 Å². The van der Waals surface area contributed by atoms with Gasteiger partial charge in [0, 0.05) is 24.7 Å². The Bertz CT molecular complexity index is 411. The maximum Gasteiger partial charge on any atom is 0.271 e. The predicted molar refractivity (Wildman–Crippen MR) is 58.9 cm³/mol. The summed E-state index contributed by atoms with van der Waals surface area (Å²) in [6.45, 7) is 3.90. The van der Waals surface area contributed by atoms with E-state index in [1.54, 1.807) is 17.1 Å². The van der Waals surface area contributed by atoms with Gasteiger partial charge in [-0.3, -0.25) is 4.79 Å². The molecule has 2 N–H and O–H groups in total. The third kappa shape index (κ3) is 1.71. The Kier molecular flexibility index (Phi) is 2.50. The van der Waals surface area contributed by atoms with Crippen LogP contribution in [0.15, 0.2) is 12.5 Å². The molecule has 1 heterocycles. The third-order valence-corrected chi connectivity index (χ3v) is 3.46. The molecular formula is C11H17N3O2. The van der Waals surface area contributed by atoms with Crippen molar-refractivity contribution in [2.45, 2.75) is 32.4 Å². The maximum absolute atomic E-state index is 11.8. The average molecular weight is 223 g/mol. The molecule has 16 heavy (non-hydrogen) atoms. The van der Waals surface area contributed by atoms with Gasteiger partial charge in [-0.2, -0.15) is 0 Å². The molecule has 0 spiro atoms. The monoisotopic (exact) mass is 223 g/mol. The van der Waals surface area contributed by atoms with E-state index in [1.807, 2.05) is 20.9 Å². The highest BCUT2D eigenvalue weighted by Gasteiger charge is 2.48. The van der Waals surface area contributed by atoms with Crippen molar-refractivity contribution >= 4 is 5.91 Å². The molecule has 1 aromatic rings. The first-order valence-corrected chi connectivity index (χ1v) is 5.38. The quantitative estimate of drug-likeness (QED) is 0.758. The van der Waals surface area contributed by atoms with Gasteiger partial charge in [0.05, 0.1) is 12.4 Å². The van der Waals surface area contributed by atoms with Crippen LogP contribution in [0, 0.1) is 5.41 Å². The second kappa shape index (κ2) is 3.59. The Labute approximate surface area is 94.5 Å². The molecule has 0 bridgehead atoms. The summed E-state index contributed by atoms with van der Waals surface area (Å²) in [5.74, 6) is -0.175. The van der Waals surface area contributed by atoms with E-state index < -0.39 is 0 Å². The van der Waals surface area contributed by atoms with Gasteiger partial charge in [-0.1, -0.05) is 13.8 Å². The van der Waals surface area contributed by atoms with E-state index in [2.05, 4.69) is 10.3 Å². The van der Waals surface area contributed by atoms with Crippen LogP contribution in [-0.2, 0) is 7.05 Å². The van der Waals surface area contributed by atoms with Crippen LogP contribution in [0.1, 0.15) is 30.8 Å². The molecule has 1 fully saturated rings. The standard InChI is InChI=1S/C11H17N3O2/c1-11(2)8(4-9(11)15)13-10(16)7-5-14(3)6-12-7/h5-6,8-9,15H,4H2,1-3H3,(H,13,16). The summed E-state index contributed by atoms with van der Waals surface area (Å²) in [5.41, 5.74) is 0.171. The van der Waals surface area contributed by atoms with Gasteiger partial charge in [-0.05, 0) is 6.42 Å². The Hall–Kier alpha value is -1.36. The van der Waals surface area contributed by atoms with Crippen molar-refractivity contribution in [3.63, 3.8) is 0 Å². The van der Waals surface area contributed by atoms with Crippen LogP contribution in [0.3, 0.4) is 0 Å². The highest BCUT2D eigenvalue weighted by atomic mass is 16.3. The van der Waals surface area contributed by atoms with E-state index in [0.29, 0.717) is 12.1 Å². The largest absolute Gasteiger partial charge is 0.392 e. The molecule has 1 amide bonds. The summed E-state index contributed by atoms with van der Waals surface area (Å²) in [6, 6.07) is 0.0250. The smallest absolute Gasteiger partial charge is 0.271 e. The van der Waals surface area contributed by atoms with Gasteiger partial charge in [0.2, 0.25) is 0 Å². The van der Waals surface area contributed by atoms with Crippen LogP contribution in [0.5, 0.6) is 0 Å². The van der Waals surface area contributed by atoms with Gasteiger partial charge in [-0.15, -0.1) is 0 Å². The fraction of sp³-hybridized carbons (Fsp3) is 0.636. The van der Waals surface area contributed by atoms with E-state index in [1.165, 1.54) is 0 Å². The van der Waals surface area contributed by atoms with E-state index in [4.69, 9.17) is 0 Å². The molecule has 1 aromatic heterocycles. The molecule has 2 rings (SSSR count). The summed E-state index contributed by atoms with van der Waals surface area (Å²) in [7, 11) is 1.82. The fourth-order valence-corrected chi connectivity index (χ4v) is 1.91. The molecule has 88 valence electrons. The van der Waals surface area contributed by atoms with Crippen molar-refractivity contribution in [1.29, 1.82) is 0 Å². The molecule has 0 saturated heterocycles. The molecule has 2 unspecified atom stereocenters. The lowest BCUT2D eigenvalue weighted by Crippen LogP contribution is -2.61. The molecule has 0 radical (unpaired) electrons. The lowest BCUT2D eigenvalue weighted by Gasteiger charge is -2.49. The van der Waals surface area contributed by atoms with Crippen LogP contribution in [0.25, 0.3) is 0 Å². The molecule has 1 aliphatic carbocycles. The van der Waals surface area contributed by atoms with Crippen molar-refractivity contribution in [3.8, 4) is 0 Å². The van der Waals surface area contributed by atoms with Crippen molar-refractivity contribution in [2.75, 3.05) is 0 Å². The fourth-order valence-electron chi connectivity index (χ4n) is 1.91. The van der Waals surface area contributed by atoms with Crippen LogP contribution >= 0.6 is 0 Å². The van der Waals surface area contributed by atoms with E-state index >= 15 is 0 Å². The van der Waals surface area contributed by atoms with E-state index in [0.717, 1.165) is 0 Å². The third-order valence-electron chi connectivity index (χ3n) is 3.46. The first-order chi connectivity index (χ1) is 7.41. The number of carbonyl (C=O) groups excluding carboxylic acids is 1. The molecule has 5 nitrogen and oxygen atoms in total. The average Bonchev–Trinajstić information content (AvgIpc) is 2.64. The number of rotatable bonds is 2. The number of hydrogen-bond donors (Lipinski definition) is 2. The molecule has 2 atom stereocenters. The molecule has 0 aromatic carbocycles. The number of nitrogens with zero attached hydrogens (tertiary/aromatic N) is 2. The topological polar surface area (TPSA) is 67.2 Å². The molecular weight excluding hydrogens is 206 g/mol. The van der Waals surface area contributed by atoms with Gasteiger partial charge in [-0.25, -0.2) is 4.98 Å². The van der Waals surface area contributed by atoms with Gasteiger partial charge < -0.3 is 15.0 Å². The van der Waals surface area contributed by atoms with Crippen molar-refractivity contribution in [1.82, 2.24) is 14.9 Å². The minimum atomic E-state index is -0.332. The number of carbonyl (C=O) groups is 1. The highest BCUT2D eigenvalue weighted by molar-refractivity contribution is 5.92. The number of amides is 1. The Morgan fingerprint density at radius 1 is 1.69 bits per heavy atom. The normalized spacial score (nSPS) is 27.2. The summed E-state index contributed by atoms with van der Waals surface area (Å²) in [6.07, 6.45) is 3.56. The van der Waals surface area contributed by atoms with Gasteiger partial charge in [0.15, 0.2) is 0 Å². The van der Waals surface area contributed by atoms with Crippen LogP contribution in [0.2, 0.25) is 0 Å². The zero-order valence-electron chi connectivity index (χ0n) is 9.77. The number of aromatic nitrogens is 2. The minimum Gasteiger partial charge on any atom is -0.392 e. The zero-order valence-corrected chi connectivity index (χ0v) is 9.77. The number of imidazole rings is 1. The second-order valence-corrected chi connectivity index (χ2v) is 5.02. The lowest BCUT2D eigenvalue weighted by molar-refractivity contribution is -0.0690. The van der Waals surface area contributed by atoms with Gasteiger partial charge in [0.1, 0.15) is 5.69 Å². The lowest BCUT2D eigenvalue weighted by atomic mass is 9.64. The van der Waals surface area contributed by atoms with Crippen LogP contribution < -0.4 is 5.32 Å². The second-order valence-electron chi connectivity index (χ2n) is 5.02. The van der Waals surface area contributed by atoms with Crippen LogP contribution in [0.4, 0.5) is 0 Å². The van der Waals surface area contributed by atoms with Gasteiger partial charge >= 0.3 is 0 Å². The SMILES string of the molecule is Cn1cnc(C(=O)NC2CC(O)C2(C)C)c1. The number of aryl methyl sites for hydroxylation is 1. The molecule has 1 aliphatic rings. The summed E-state index contributed by atoms with van der Waals surface area (Å²) in [5, 5.41) is 12.5.